The fourth-order valence-electron chi connectivity index (χ4n) is 2.02. The van der Waals surface area contributed by atoms with Crippen LogP contribution in [0.3, 0.4) is 0 Å². The molecule has 5 heteroatoms. The van der Waals surface area contributed by atoms with Gasteiger partial charge in [0, 0.05) is 14.7 Å². The van der Waals surface area contributed by atoms with E-state index in [9.17, 15) is 14.4 Å². The van der Waals surface area contributed by atoms with Crippen molar-refractivity contribution in [1.82, 2.24) is 0 Å². The van der Waals surface area contributed by atoms with Crippen molar-refractivity contribution in [1.29, 1.82) is 5.26 Å². The van der Waals surface area contributed by atoms with Crippen LogP contribution in [0.4, 0.5) is 4.39 Å². The van der Waals surface area contributed by atoms with Gasteiger partial charge in [-0.05, 0) is 46.9 Å². The van der Waals surface area contributed by atoms with Crippen molar-refractivity contribution in [2.75, 3.05) is 7.11 Å². The summed E-state index contributed by atoms with van der Waals surface area (Å²) in [5.74, 6) is -1.29. The van der Waals surface area contributed by atoms with Gasteiger partial charge in [0.05, 0.1) is 13.2 Å². The molecule has 0 fully saturated rings. The lowest BCUT2D eigenvalue weighted by Crippen LogP contribution is -2.13. The van der Waals surface area contributed by atoms with Crippen molar-refractivity contribution < 1.29 is 13.9 Å². The summed E-state index contributed by atoms with van der Waals surface area (Å²) in [5, 5.41) is 9.37. The van der Waals surface area contributed by atoms with Gasteiger partial charge in [0.2, 0.25) is 0 Å². The highest BCUT2D eigenvalue weighted by Crippen LogP contribution is 2.30. The Labute approximate surface area is 135 Å². The molecule has 2 rings (SSSR count). The van der Waals surface area contributed by atoms with E-state index in [1.54, 1.807) is 24.3 Å². The van der Waals surface area contributed by atoms with E-state index in [0.29, 0.717) is 20.4 Å². The van der Waals surface area contributed by atoms with Gasteiger partial charge in [-0.2, -0.15) is 5.26 Å². The number of carbonyl (C=O) groups excluding carboxylic acids is 1. The number of nitriles is 1. The number of Topliss-reactive ketones (excluding diaryl/α,β-unsaturated/α-hetero) is 1. The minimum Gasteiger partial charge on any atom is -0.496 e. The van der Waals surface area contributed by atoms with Crippen LogP contribution in [0, 0.1) is 20.7 Å². The molecule has 1 unspecified atom stereocenters. The third kappa shape index (κ3) is 3.22. The Hall–Kier alpha value is -1.94. The van der Waals surface area contributed by atoms with Crippen molar-refractivity contribution in [2.45, 2.75) is 5.92 Å². The average Bonchev–Trinajstić information content (AvgIpc) is 2.48. The number of halogens is 2. The summed E-state index contributed by atoms with van der Waals surface area (Å²) in [5.41, 5.74) is 0.835. The predicted octanol–water partition coefficient (Wildman–Crippen LogP) is 3.93. The van der Waals surface area contributed by atoms with Crippen LogP contribution in [0.25, 0.3) is 0 Å². The minimum atomic E-state index is -0.986. The third-order valence-electron chi connectivity index (χ3n) is 3.04. The van der Waals surface area contributed by atoms with E-state index in [1.807, 2.05) is 28.7 Å². The maximum Gasteiger partial charge on any atom is 0.185 e. The highest BCUT2D eigenvalue weighted by Gasteiger charge is 2.26. The van der Waals surface area contributed by atoms with Gasteiger partial charge in [-0.1, -0.05) is 18.2 Å². The van der Waals surface area contributed by atoms with Gasteiger partial charge in [0.1, 0.15) is 17.5 Å². The molecule has 0 radical (unpaired) electrons. The number of hydrogen-bond donors (Lipinski definition) is 0. The van der Waals surface area contributed by atoms with E-state index in [0.717, 1.165) is 0 Å². The Morgan fingerprint density at radius 2 is 2.05 bits per heavy atom. The number of hydrogen-bond acceptors (Lipinski definition) is 3. The number of benzene rings is 2. The maximum absolute atomic E-state index is 13.1. The van der Waals surface area contributed by atoms with Crippen molar-refractivity contribution >= 4 is 28.4 Å². The van der Waals surface area contributed by atoms with Gasteiger partial charge >= 0.3 is 0 Å². The molecular formula is C16H11FINO2. The topological polar surface area (TPSA) is 50.1 Å². The first-order chi connectivity index (χ1) is 10.1. The SMILES string of the molecule is COc1ccccc1C(C#N)C(=O)c1ccc(F)cc1I. The summed E-state index contributed by atoms with van der Waals surface area (Å²) in [7, 11) is 1.49. The first-order valence-electron chi connectivity index (χ1n) is 6.10. The number of rotatable bonds is 4. The molecule has 0 heterocycles. The molecule has 1 atom stereocenters. The molecule has 0 aliphatic rings. The zero-order valence-electron chi connectivity index (χ0n) is 11.1. The molecule has 106 valence electrons. The number of para-hydroxylation sites is 1. The average molecular weight is 395 g/mol. The molecule has 0 amide bonds. The molecule has 0 aliphatic heterocycles. The lowest BCUT2D eigenvalue weighted by molar-refractivity contribution is 0.0977. The van der Waals surface area contributed by atoms with Crippen LogP contribution in [0.15, 0.2) is 42.5 Å². The van der Waals surface area contributed by atoms with E-state index in [1.165, 1.54) is 25.3 Å². The first-order valence-corrected chi connectivity index (χ1v) is 7.18. The Balaban J connectivity index is 2.46. The monoisotopic (exact) mass is 395 g/mol. The quantitative estimate of drug-likeness (QED) is 0.583. The van der Waals surface area contributed by atoms with Crippen molar-refractivity contribution in [3.05, 3.63) is 63.0 Å². The second kappa shape index (κ2) is 6.68. The van der Waals surface area contributed by atoms with Crippen LogP contribution in [-0.2, 0) is 0 Å². The summed E-state index contributed by atoms with van der Waals surface area (Å²) in [6.45, 7) is 0. The summed E-state index contributed by atoms with van der Waals surface area (Å²) >= 11 is 1.89. The molecule has 0 spiro atoms. The molecule has 0 saturated carbocycles. The molecule has 0 bridgehead atoms. The van der Waals surface area contributed by atoms with Crippen LogP contribution < -0.4 is 4.74 Å². The second-order valence-corrected chi connectivity index (χ2v) is 5.45. The highest BCUT2D eigenvalue weighted by molar-refractivity contribution is 14.1. The Kier molecular flexibility index (Phi) is 4.91. The molecule has 0 saturated heterocycles. The molecule has 21 heavy (non-hydrogen) atoms. The first kappa shape index (κ1) is 15.4. The lowest BCUT2D eigenvalue weighted by Gasteiger charge is -2.13. The number of ketones is 1. The van der Waals surface area contributed by atoms with Crippen molar-refractivity contribution in [3.63, 3.8) is 0 Å². The normalized spacial score (nSPS) is 11.5. The third-order valence-corrected chi connectivity index (χ3v) is 3.93. The molecule has 0 N–H and O–H groups in total. The van der Waals surface area contributed by atoms with Gasteiger partial charge < -0.3 is 4.74 Å². The Morgan fingerprint density at radius 1 is 1.33 bits per heavy atom. The summed E-state index contributed by atoms with van der Waals surface area (Å²) in [4.78, 5) is 12.6. The molecule has 3 nitrogen and oxygen atoms in total. The summed E-state index contributed by atoms with van der Waals surface area (Å²) in [6.07, 6.45) is 0. The smallest absolute Gasteiger partial charge is 0.185 e. The fourth-order valence-corrected chi connectivity index (χ4v) is 2.76. The molecule has 0 aromatic heterocycles. The van der Waals surface area contributed by atoms with Crippen LogP contribution in [0.1, 0.15) is 21.8 Å². The largest absolute Gasteiger partial charge is 0.496 e. The zero-order chi connectivity index (χ0) is 15.4. The standard InChI is InChI=1S/C16H11FINO2/c1-21-15-5-3-2-4-11(15)13(9-19)16(20)12-7-6-10(17)8-14(12)18/h2-8,13H,1H3. The van der Waals surface area contributed by atoms with Gasteiger partial charge in [0.15, 0.2) is 5.78 Å². The van der Waals surface area contributed by atoms with Gasteiger partial charge in [-0.15, -0.1) is 0 Å². The number of methoxy groups -OCH3 is 1. The van der Waals surface area contributed by atoms with Crippen LogP contribution in [0.2, 0.25) is 0 Å². The highest BCUT2D eigenvalue weighted by atomic mass is 127. The van der Waals surface area contributed by atoms with Gasteiger partial charge in [-0.25, -0.2) is 4.39 Å². The summed E-state index contributed by atoms with van der Waals surface area (Å²) < 4.78 is 18.8. The van der Waals surface area contributed by atoms with E-state index in [2.05, 4.69) is 0 Å². The number of ether oxygens (including phenoxy) is 1. The van der Waals surface area contributed by atoms with Crippen molar-refractivity contribution in [2.24, 2.45) is 0 Å². The maximum atomic E-state index is 13.1. The Morgan fingerprint density at radius 3 is 2.67 bits per heavy atom. The van der Waals surface area contributed by atoms with E-state index in [-0.39, 0.29) is 5.78 Å². The summed E-state index contributed by atoms with van der Waals surface area (Å²) in [6, 6.07) is 12.8. The molecular weight excluding hydrogens is 384 g/mol. The van der Waals surface area contributed by atoms with Crippen LogP contribution in [0.5, 0.6) is 5.75 Å². The van der Waals surface area contributed by atoms with E-state index >= 15 is 0 Å². The van der Waals surface area contributed by atoms with E-state index in [4.69, 9.17) is 4.74 Å². The van der Waals surface area contributed by atoms with Crippen LogP contribution in [-0.4, -0.2) is 12.9 Å². The molecule has 2 aromatic rings. The molecule has 2 aromatic carbocycles. The predicted molar refractivity (Wildman–Crippen MR) is 84.8 cm³/mol. The lowest BCUT2D eigenvalue weighted by atomic mass is 9.91. The number of carbonyl (C=O) groups is 1. The second-order valence-electron chi connectivity index (χ2n) is 4.29. The molecule has 0 aliphatic carbocycles. The minimum absolute atomic E-state index is 0.328. The van der Waals surface area contributed by atoms with Gasteiger partial charge in [-0.3, -0.25) is 4.79 Å². The zero-order valence-corrected chi connectivity index (χ0v) is 13.3. The van der Waals surface area contributed by atoms with Gasteiger partial charge in [0.25, 0.3) is 0 Å². The van der Waals surface area contributed by atoms with E-state index < -0.39 is 11.7 Å². The number of nitrogens with zero attached hydrogens (tertiary/aromatic N) is 1. The van der Waals surface area contributed by atoms with Crippen LogP contribution >= 0.6 is 22.6 Å². The van der Waals surface area contributed by atoms with Crippen molar-refractivity contribution in [3.8, 4) is 11.8 Å². The Bertz CT molecular complexity index is 724. The fraction of sp³-hybridized carbons (Fsp3) is 0.125.